The Morgan fingerprint density at radius 3 is 2.61 bits per heavy atom. The van der Waals surface area contributed by atoms with Crippen LogP contribution in [0.5, 0.6) is 0 Å². The van der Waals surface area contributed by atoms with Crippen LogP contribution in [-0.2, 0) is 6.54 Å². The number of hydrogen-bond acceptors (Lipinski definition) is 8. The van der Waals surface area contributed by atoms with Gasteiger partial charge >= 0.3 is 0 Å². The molecular formula is C24H25Cl2N9O. The summed E-state index contributed by atoms with van der Waals surface area (Å²) in [6.07, 6.45) is 1.82. The maximum Gasteiger partial charge on any atom is 0.177 e. The van der Waals surface area contributed by atoms with Crippen LogP contribution in [0, 0.1) is 13.8 Å². The van der Waals surface area contributed by atoms with Crippen molar-refractivity contribution in [3.05, 3.63) is 51.7 Å². The summed E-state index contributed by atoms with van der Waals surface area (Å²) in [5.41, 5.74) is 5.71. The topological polar surface area (TPSA) is 103 Å². The van der Waals surface area contributed by atoms with E-state index in [1.54, 1.807) is 12.1 Å². The summed E-state index contributed by atoms with van der Waals surface area (Å²) in [4.78, 5) is 17.3. The Morgan fingerprint density at radius 1 is 1.08 bits per heavy atom. The van der Waals surface area contributed by atoms with Crippen molar-refractivity contribution in [2.24, 2.45) is 0 Å². The van der Waals surface area contributed by atoms with E-state index in [0.717, 1.165) is 77.3 Å². The zero-order valence-corrected chi connectivity index (χ0v) is 21.7. The number of rotatable bonds is 5. The zero-order chi connectivity index (χ0) is 25.0. The number of aryl methyl sites for hydroxylation is 2. The van der Waals surface area contributed by atoms with E-state index < -0.39 is 0 Å². The molecule has 0 amide bonds. The van der Waals surface area contributed by atoms with Gasteiger partial charge in [-0.3, -0.25) is 0 Å². The largest absolute Gasteiger partial charge is 0.375 e. The van der Waals surface area contributed by atoms with Crippen LogP contribution in [0.15, 0.2) is 28.9 Å². The van der Waals surface area contributed by atoms with Gasteiger partial charge in [0.15, 0.2) is 11.5 Å². The van der Waals surface area contributed by atoms with Gasteiger partial charge in [-0.15, -0.1) is 5.10 Å². The second-order valence-electron chi connectivity index (χ2n) is 9.11. The molecule has 36 heavy (non-hydrogen) atoms. The van der Waals surface area contributed by atoms with Crippen LogP contribution < -0.4 is 10.2 Å². The summed E-state index contributed by atoms with van der Waals surface area (Å²) in [6, 6.07) is 5.61. The number of imidazole rings is 2. The van der Waals surface area contributed by atoms with Gasteiger partial charge in [-0.1, -0.05) is 28.4 Å². The van der Waals surface area contributed by atoms with E-state index in [4.69, 9.17) is 37.8 Å². The highest BCUT2D eigenvalue weighted by Gasteiger charge is 2.22. The van der Waals surface area contributed by atoms with Crippen LogP contribution in [0.3, 0.4) is 0 Å². The summed E-state index contributed by atoms with van der Waals surface area (Å²) >= 11 is 12.3. The van der Waals surface area contributed by atoms with Gasteiger partial charge in [0.05, 0.1) is 56.5 Å². The molecule has 5 aromatic rings. The van der Waals surface area contributed by atoms with E-state index in [0.29, 0.717) is 22.2 Å². The first kappa shape index (κ1) is 23.1. The second kappa shape index (κ2) is 8.95. The van der Waals surface area contributed by atoms with E-state index >= 15 is 0 Å². The van der Waals surface area contributed by atoms with Gasteiger partial charge in [-0.05, 0) is 33.0 Å². The average molecular weight is 526 g/mol. The van der Waals surface area contributed by atoms with E-state index in [1.165, 1.54) is 0 Å². The maximum absolute atomic E-state index is 6.17. The lowest BCUT2D eigenvalue weighted by Gasteiger charge is -2.33. The number of benzene rings is 1. The molecule has 186 valence electrons. The first-order valence-electron chi connectivity index (χ1n) is 11.7. The Morgan fingerprint density at radius 2 is 1.86 bits per heavy atom. The third-order valence-electron chi connectivity index (χ3n) is 6.59. The van der Waals surface area contributed by atoms with Crippen LogP contribution in [-0.4, -0.2) is 67.8 Å². The van der Waals surface area contributed by atoms with Crippen molar-refractivity contribution in [2.75, 3.05) is 43.4 Å². The number of hydrogen-bond donors (Lipinski definition) is 2. The number of aromatic amines is 1. The molecule has 0 aliphatic carbocycles. The molecule has 0 saturated carbocycles. The first-order valence-corrected chi connectivity index (χ1v) is 12.5. The molecule has 4 aromatic heterocycles. The number of fused-ring (bicyclic) bond motifs is 2. The van der Waals surface area contributed by atoms with Crippen LogP contribution in [0.4, 0.5) is 11.5 Å². The van der Waals surface area contributed by atoms with Crippen LogP contribution >= 0.6 is 23.2 Å². The number of nitrogens with one attached hydrogen (secondary N) is 2. The number of likely N-dealkylation sites (N-methyl/N-ethyl adjacent to an activating group) is 1. The highest BCUT2D eigenvalue weighted by molar-refractivity contribution is 6.42. The summed E-state index contributed by atoms with van der Waals surface area (Å²) in [7, 11) is 2.14. The third-order valence-corrected chi connectivity index (χ3v) is 7.31. The van der Waals surface area contributed by atoms with E-state index in [2.05, 4.69) is 43.4 Å². The molecule has 1 aliphatic heterocycles. The molecule has 0 bridgehead atoms. The molecule has 1 aliphatic rings. The Hall–Kier alpha value is -3.34. The minimum Gasteiger partial charge on any atom is -0.375 e. The maximum atomic E-state index is 6.17. The fourth-order valence-corrected chi connectivity index (χ4v) is 4.94. The molecule has 5 heterocycles. The predicted octanol–water partition coefficient (Wildman–Crippen LogP) is 4.55. The molecule has 1 aromatic carbocycles. The van der Waals surface area contributed by atoms with Gasteiger partial charge in [0.1, 0.15) is 11.6 Å². The SMILES string of the molecule is Cc1noc(C)c1-c1cnc2c(NCc3nc4cc(Cl)c(Cl)cc4[nH]3)cc(N3CCN(C)CC3)nn12. The third kappa shape index (κ3) is 4.04. The first-order chi connectivity index (χ1) is 17.4. The molecule has 1 saturated heterocycles. The number of anilines is 2. The molecule has 10 nitrogen and oxygen atoms in total. The van der Waals surface area contributed by atoms with Crippen molar-refractivity contribution in [2.45, 2.75) is 20.4 Å². The molecular weight excluding hydrogens is 501 g/mol. The number of piperazine rings is 1. The Bertz CT molecular complexity index is 1520. The van der Waals surface area contributed by atoms with Crippen molar-refractivity contribution < 1.29 is 4.52 Å². The van der Waals surface area contributed by atoms with Crippen molar-refractivity contribution in [3.63, 3.8) is 0 Å². The van der Waals surface area contributed by atoms with Gasteiger partial charge < -0.3 is 24.6 Å². The number of aromatic nitrogens is 6. The van der Waals surface area contributed by atoms with E-state index in [-0.39, 0.29) is 0 Å². The smallest absolute Gasteiger partial charge is 0.177 e. The molecule has 0 atom stereocenters. The summed E-state index contributed by atoms with van der Waals surface area (Å²) < 4.78 is 7.30. The summed E-state index contributed by atoms with van der Waals surface area (Å²) in [5, 5.41) is 13.6. The number of H-pyrrole nitrogens is 1. The van der Waals surface area contributed by atoms with Gasteiger partial charge in [0.25, 0.3) is 0 Å². The van der Waals surface area contributed by atoms with Gasteiger partial charge in [-0.25, -0.2) is 14.5 Å². The van der Waals surface area contributed by atoms with Crippen molar-refractivity contribution in [1.82, 2.24) is 34.6 Å². The Kier molecular flexibility index (Phi) is 5.74. The number of halogens is 2. The molecule has 0 radical (unpaired) electrons. The lowest BCUT2D eigenvalue weighted by Crippen LogP contribution is -2.45. The molecule has 6 rings (SSSR count). The molecule has 12 heteroatoms. The molecule has 0 spiro atoms. The standard InChI is InChI=1S/C24H25Cl2N9O/c1-13-23(14(2)36-32-13)20-11-28-24-19(10-22(31-35(20)24)34-6-4-33(3)5-7-34)27-12-21-29-17-8-15(25)16(26)9-18(17)30-21/h8-11,27H,4-7,12H2,1-3H3,(H,29,30). The van der Waals surface area contributed by atoms with Crippen LogP contribution in [0.1, 0.15) is 17.3 Å². The summed E-state index contributed by atoms with van der Waals surface area (Å²) in [5.74, 6) is 2.37. The fraction of sp³-hybridized carbons (Fsp3) is 0.333. The highest BCUT2D eigenvalue weighted by atomic mass is 35.5. The highest BCUT2D eigenvalue weighted by Crippen LogP contribution is 2.31. The monoisotopic (exact) mass is 525 g/mol. The van der Waals surface area contributed by atoms with Crippen molar-refractivity contribution >= 4 is 51.4 Å². The Labute approximate surface area is 217 Å². The van der Waals surface area contributed by atoms with E-state index in [9.17, 15) is 0 Å². The van der Waals surface area contributed by atoms with Gasteiger partial charge in [0, 0.05) is 32.2 Å². The van der Waals surface area contributed by atoms with Crippen LogP contribution in [0.2, 0.25) is 10.0 Å². The van der Waals surface area contributed by atoms with Gasteiger partial charge in [0.2, 0.25) is 0 Å². The molecule has 1 fully saturated rings. The predicted molar refractivity (Wildman–Crippen MR) is 141 cm³/mol. The minimum atomic E-state index is 0.458. The van der Waals surface area contributed by atoms with Crippen LogP contribution in [0.25, 0.3) is 27.9 Å². The Balaban J connectivity index is 1.40. The van der Waals surface area contributed by atoms with E-state index in [1.807, 2.05) is 24.6 Å². The average Bonchev–Trinajstić information content (AvgIpc) is 3.54. The number of nitrogens with zero attached hydrogens (tertiary/aromatic N) is 7. The lowest BCUT2D eigenvalue weighted by molar-refractivity contribution is 0.311. The normalized spacial score (nSPS) is 14.9. The molecule has 2 N–H and O–H groups in total. The lowest BCUT2D eigenvalue weighted by atomic mass is 10.1. The minimum absolute atomic E-state index is 0.458. The second-order valence-corrected chi connectivity index (χ2v) is 9.92. The zero-order valence-electron chi connectivity index (χ0n) is 20.1. The van der Waals surface area contributed by atoms with Crippen molar-refractivity contribution in [1.29, 1.82) is 0 Å². The quantitative estimate of drug-likeness (QED) is 0.344. The molecule has 0 unspecified atom stereocenters. The fourth-order valence-electron chi connectivity index (χ4n) is 4.62. The summed E-state index contributed by atoms with van der Waals surface area (Å²) in [6.45, 7) is 8.04. The van der Waals surface area contributed by atoms with Crippen molar-refractivity contribution in [3.8, 4) is 11.3 Å². The van der Waals surface area contributed by atoms with Gasteiger partial charge in [-0.2, -0.15) is 0 Å².